The Labute approximate surface area is 203 Å². The molecule has 3 aromatic rings. The maximum absolute atomic E-state index is 13.3. The molecule has 2 heterocycles. The molecule has 176 valence electrons. The summed E-state index contributed by atoms with van der Waals surface area (Å²) in [5.74, 6) is 0.597. The highest BCUT2D eigenvalue weighted by Gasteiger charge is 2.34. The zero-order chi connectivity index (χ0) is 24.1. The van der Waals surface area contributed by atoms with Gasteiger partial charge in [0.25, 0.3) is 11.8 Å². The van der Waals surface area contributed by atoms with Crippen LogP contribution in [0.15, 0.2) is 67.0 Å². The van der Waals surface area contributed by atoms with E-state index < -0.39 is 0 Å². The number of ether oxygens (including phenoxy) is 2. The van der Waals surface area contributed by atoms with Crippen LogP contribution in [0, 0.1) is 0 Å². The first-order chi connectivity index (χ1) is 16.5. The number of amides is 2. The van der Waals surface area contributed by atoms with Crippen LogP contribution in [-0.4, -0.2) is 55.0 Å². The maximum atomic E-state index is 13.3. The van der Waals surface area contributed by atoms with E-state index in [1.807, 2.05) is 12.1 Å². The average molecular weight is 480 g/mol. The largest absolute Gasteiger partial charge is 0.493 e. The van der Waals surface area contributed by atoms with Crippen LogP contribution in [0.3, 0.4) is 0 Å². The van der Waals surface area contributed by atoms with E-state index in [4.69, 9.17) is 21.1 Å². The lowest BCUT2D eigenvalue weighted by molar-refractivity contribution is 0.0671. The lowest BCUT2D eigenvalue weighted by atomic mass is 9.86. The fourth-order valence-corrected chi connectivity index (χ4v) is 4.51. The number of halogens is 1. The Morgan fingerprint density at radius 1 is 1.06 bits per heavy atom. The van der Waals surface area contributed by atoms with E-state index >= 15 is 0 Å². The summed E-state index contributed by atoms with van der Waals surface area (Å²) in [5, 5.41) is 3.53. The van der Waals surface area contributed by atoms with Crippen molar-refractivity contribution >= 4 is 23.4 Å². The van der Waals surface area contributed by atoms with Crippen LogP contribution in [-0.2, 0) is 0 Å². The number of nitrogens with one attached hydrogen (secondary N) is 1. The summed E-state index contributed by atoms with van der Waals surface area (Å²) < 4.78 is 10.6. The van der Waals surface area contributed by atoms with E-state index in [0.29, 0.717) is 47.2 Å². The fraction of sp³-hybridized carbons (Fsp3) is 0.269. The van der Waals surface area contributed by atoms with Crippen molar-refractivity contribution in [1.29, 1.82) is 0 Å². The Hall–Kier alpha value is -3.58. The average Bonchev–Trinajstić information content (AvgIpc) is 2.88. The molecule has 1 aromatic heterocycles. The summed E-state index contributed by atoms with van der Waals surface area (Å²) in [7, 11) is 3.09. The fourth-order valence-electron chi connectivity index (χ4n) is 4.29. The van der Waals surface area contributed by atoms with Crippen molar-refractivity contribution in [2.45, 2.75) is 18.4 Å². The molecule has 0 spiro atoms. The van der Waals surface area contributed by atoms with Gasteiger partial charge in [-0.15, -0.1) is 0 Å². The van der Waals surface area contributed by atoms with Crippen LogP contribution in [0.4, 0.5) is 0 Å². The van der Waals surface area contributed by atoms with Crippen LogP contribution in [0.5, 0.6) is 11.5 Å². The number of rotatable bonds is 6. The number of aromatic nitrogens is 1. The molecule has 1 N–H and O–H groups in total. The summed E-state index contributed by atoms with van der Waals surface area (Å²) >= 11 is 6.23. The molecule has 1 fully saturated rings. The number of nitrogens with zero attached hydrogens (tertiary/aromatic N) is 2. The van der Waals surface area contributed by atoms with Crippen molar-refractivity contribution in [1.82, 2.24) is 15.2 Å². The molecule has 0 saturated carbocycles. The molecule has 1 aliphatic rings. The molecule has 0 radical (unpaired) electrons. The van der Waals surface area contributed by atoms with Gasteiger partial charge < -0.3 is 19.7 Å². The lowest BCUT2D eigenvalue weighted by Gasteiger charge is -2.39. The van der Waals surface area contributed by atoms with Crippen molar-refractivity contribution in [3.63, 3.8) is 0 Å². The molecular weight excluding hydrogens is 454 g/mol. The monoisotopic (exact) mass is 479 g/mol. The number of pyridine rings is 1. The van der Waals surface area contributed by atoms with E-state index in [0.717, 1.165) is 5.56 Å². The zero-order valence-electron chi connectivity index (χ0n) is 19.0. The third kappa shape index (κ3) is 4.99. The number of piperidine rings is 1. The first kappa shape index (κ1) is 23.6. The van der Waals surface area contributed by atoms with Gasteiger partial charge >= 0.3 is 0 Å². The summed E-state index contributed by atoms with van der Waals surface area (Å²) in [5.41, 5.74) is 1.90. The molecule has 0 bridgehead atoms. The van der Waals surface area contributed by atoms with Gasteiger partial charge in [0.2, 0.25) is 0 Å². The van der Waals surface area contributed by atoms with Gasteiger partial charge in [-0.05, 0) is 48.4 Å². The molecule has 8 heteroatoms. The highest BCUT2D eigenvalue weighted by atomic mass is 35.5. The topological polar surface area (TPSA) is 80.8 Å². The predicted molar refractivity (Wildman–Crippen MR) is 130 cm³/mol. The quantitative estimate of drug-likeness (QED) is 0.573. The Balaban J connectivity index is 1.56. The number of carbonyl (C=O) groups excluding carboxylic acids is 2. The van der Waals surface area contributed by atoms with Crippen molar-refractivity contribution in [2.24, 2.45) is 0 Å². The zero-order valence-corrected chi connectivity index (χ0v) is 19.8. The molecule has 2 aromatic carbocycles. The van der Waals surface area contributed by atoms with Crippen LogP contribution < -0.4 is 14.8 Å². The van der Waals surface area contributed by atoms with Crippen molar-refractivity contribution in [3.8, 4) is 11.5 Å². The molecule has 2 amide bonds. The SMILES string of the molecule is COc1ccc(C(=O)N2CCC(NC(=O)c3ccccc3Cl)C(c3cccnc3)C2)cc1OC. The molecule has 0 aliphatic carbocycles. The van der Waals surface area contributed by atoms with E-state index in [2.05, 4.69) is 10.3 Å². The molecule has 4 rings (SSSR count). The van der Waals surface area contributed by atoms with E-state index in [-0.39, 0.29) is 23.8 Å². The van der Waals surface area contributed by atoms with E-state index in [1.165, 1.54) is 7.11 Å². The Morgan fingerprint density at radius 3 is 2.56 bits per heavy atom. The molecular formula is C26H26ClN3O4. The van der Waals surface area contributed by atoms with Crippen molar-refractivity contribution in [2.75, 3.05) is 27.3 Å². The minimum Gasteiger partial charge on any atom is -0.493 e. The normalized spacial score (nSPS) is 17.7. The highest BCUT2D eigenvalue weighted by molar-refractivity contribution is 6.33. The molecule has 2 unspecified atom stereocenters. The van der Waals surface area contributed by atoms with Crippen molar-refractivity contribution < 1.29 is 19.1 Å². The Morgan fingerprint density at radius 2 is 1.85 bits per heavy atom. The highest BCUT2D eigenvalue weighted by Crippen LogP contribution is 2.31. The maximum Gasteiger partial charge on any atom is 0.254 e. The van der Waals surface area contributed by atoms with Crippen LogP contribution in [0.25, 0.3) is 0 Å². The van der Waals surface area contributed by atoms with Gasteiger partial charge in [-0.25, -0.2) is 0 Å². The smallest absolute Gasteiger partial charge is 0.254 e. The third-order valence-electron chi connectivity index (χ3n) is 6.08. The van der Waals surface area contributed by atoms with E-state index in [9.17, 15) is 9.59 Å². The summed E-state index contributed by atoms with van der Waals surface area (Å²) in [4.78, 5) is 32.4. The van der Waals surface area contributed by atoms with Gasteiger partial charge in [0.1, 0.15) is 0 Å². The number of methoxy groups -OCH3 is 2. The number of benzene rings is 2. The summed E-state index contributed by atoms with van der Waals surface area (Å²) in [6, 6.07) is 15.8. The minimum atomic E-state index is -0.232. The summed E-state index contributed by atoms with van der Waals surface area (Å²) in [6.07, 6.45) is 4.08. The van der Waals surface area contributed by atoms with Gasteiger partial charge in [0.05, 0.1) is 24.8 Å². The van der Waals surface area contributed by atoms with Crippen LogP contribution in [0.1, 0.15) is 38.6 Å². The summed E-state index contributed by atoms with van der Waals surface area (Å²) in [6.45, 7) is 0.934. The second-order valence-corrected chi connectivity index (χ2v) is 8.47. The number of likely N-dealkylation sites (tertiary alicyclic amines) is 1. The lowest BCUT2D eigenvalue weighted by Crippen LogP contribution is -2.51. The first-order valence-corrected chi connectivity index (χ1v) is 11.4. The number of hydrogen-bond donors (Lipinski definition) is 1. The molecule has 1 saturated heterocycles. The van der Waals surface area contributed by atoms with Gasteiger partial charge in [-0.1, -0.05) is 29.8 Å². The van der Waals surface area contributed by atoms with Crippen molar-refractivity contribution in [3.05, 3.63) is 88.7 Å². The molecule has 34 heavy (non-hydrogen) atoms. The van der Waals surface area contributed by atoms with Gasteiger partial charge in [0, 0.05) is 43.0 Å². The van der Waals surface area contributed by atoms with Gasteiger partial charge in [-0.2, -0.15) is 0 Å². The molecule has 7 nitrogen and oxygen atoms in total. The van der Waals surface area contributed by atoms with Crippen LogP contribution >= 0.6 is 11.6 Å². The third-order valence-corrected chi connectivity index (χ3v) is 6.41. The molecule has 2 atom stereocenters. The minimum absolute atomic E-state index is 0.106. The number of carbonyl (C=O) groups is 2. The number of hydrogen-bond acceptors (Lipinski definition) is 5. The standard InChI is InChI=1S/C26H26ClN3O4/c1-33-23-10-9-17(14-24(23)34-2)26(32)30-13-11-22(20(16-30)18-6-5-12-28-15-18)29-25(31)19-7-3-4-8-21(19)27/h3-10,12,14-15,20,22H,11,13,16H2,1-2H3,(H,29,31). The Kier molecular flexibility index (Phi) is 7.33. The van der Waals surface area contributed by atoms with Gasteiger partial charge in [-0.3, -0.25) is 14.6 Å². The molecule has 1 aliphatic heterocycles. The second kappa shape index (κ2) is 10.6. The second-order valence-electron chi connectivity index (χ2n) is 8.06. The Bertz CT molecular complexity index is 1170. The van der Waals surface area contributed by atoms with Crippen LogP contribution in [0.2, 0.25) is 5.02 Å². The first-order valence-electron chi connectivity index (χ1n) is 11.0. The van der Waals surface area contributed by atoms with E-state index in [1.54, 1.807) is 66.9 Å². The van der Waals surface area contributed by atoms with Gasteiger partial charge in [0.15, 0.2) is 11.5 Å². The predicted octanol–water partition coefficient (Wildman–Crippen LogP) is 4.18.